The van der Waals surface area contributed by atoms with Crippen molar-refractivity contribution in [2.24, 2.45) is 0 Å². The monoisotopic (exact) mass is 408 g/mol. The first-order valence-electron chi connectivity index (χ1n) is 8.45. The van der Waals surface area contributed by atoms with E-state index in [1.54, 1.807) is 23.5 Å². The minimum atomic E-state index is -0.233. The third kappa shape index (κ3) is 4.21. The molecule has 0 aliphatic heterocycles. The Morgan fingerprint density at radius 1 is 1.00 bits per heavy atom. The smallest absolute Gasteiger partial charge is 0.257 e. The normalized spacial score (nSPS) is 10.6. The van der Waals surface area contributed by atoms with E-state index in [2.05, 4.69) is 30.8 Å². The number of aryl methyl sites for hydroxylation is 2. The van der Waals surface area contributed by atoms with E-state index in [4.69, 9.17) is 0 Å². The summed E-state index contributed by atoms with van der Waals surface area (Å²) in [6.45, 7) is 3.84. The molecule has 0 atom stereocenters. The maximum Gasteiger partial charge on any atom is 0.257 e. The Balaban J connectivity index is 1.42. The van der Waals surface area contributed by atoms with Gasteiger partial charge in [-0.1, -0.05) is 17.4 Å². The van der Waals surface area contributed by atoms with Crippen LogP contribution in [0.1, 0.15) is 21.7 Å². The number of nitrogens with zero attached hydrogens (tertiary/aromatic N) is 4. The van der Waals surface area contributed by atoms with Crippen molar-refractivity contribution in [3.63, 3.8) is 0 Å². The molecule has 1 amide bonds. The summed E-state index contributed by atoms with van der Waals surface area (Å²) in [7, 11) is 0. The molecule has 9 heteroatoms. The Bertz CT molecular complexity index is 1090. The fourth-order valence-electron chi connectivity index (χ4n) is 2.56. The molecule has 0 aliphatic carbocycles. The molecule has 0 saturated carbocycles. The van der Waals surface area contributed by atoms with Gasteiger partial charge in [0, 0.05) is 22.6 Å². The minimum absolute atomic E-state index is 0.233. The van der Waals surface area contributed by atoms with Crippen LogP contribution in [-0.2, 0) is 0 Å². The van der Waals surface area contributed by atoms with E-state index in [1.807, 2.05) is 49.6 Å². The number of hydrogen-bond donors (Lipinski definition) is 2. The van der Waals surface area contributed by atoms with E-state index in [9.17, 15) is 4.79 Å². The Labute approximate surface area is 169 Å². The van der Waals surface area contributed by atoms with Crippen LogP contribution in [0.5, 0.6) is 0 Å². The number of carbonyl (C=O) groups excluding carboxylic acids is 1. The second-order valence-corrected chi connectivity index (χ2v) is 7.95. The third-order valence-electron chi connectivity index (χ3n) is 3.76. The van der Waals surface area contributed by atoms with Crippen LogP contribution in [0.2, 0.25) is 0 Å². The standard InChI is InChI=1S/C19H16N6OS2/c1-11-10-12(2)21-18(20-11)22-14-7-5-13(6-8-14)16(26)23-19-25-24-17(28-19)15-4-3-9-27-15/h3-10H,1-2H3,(H,20,21,22)(H,23,25,26). The lowest BCUT2D eigenvalue weighted by Gasteiger charge is -2.07. The maximum atomic E-state index is 12.5. The van der Waals surface area contributed by atoms with Gasteiger partial charge in [-0.25, -0.2) is 9.97 Å². The highest BCUT2D eigenvalue weighted by molar-refractivity contribution is 7.23. The zero-order chi connectivity index (χ0) is 19.5. The molecule has 0 unspecified atom stereocenters. The molecule has 0 fully saturated rings. The summed E-state index contributed by atoms with van der Waals surface area (Å²) in [5.74, 6) is 0.299. The summed E-state index contributed by atoms with van der Waals surface area (Å²) in [5.41, 5.74) is 3.12. The highest BCUT2D eigenvalue weighted by Gasteiger charge is 2.12. The number of carbonyl (C=O) groups is 1. The van der Waals surface area contributed by atoms with Crippen molar-refractivity contribution in [1.29, 1.82) is 0 Å². The topological polar surface area (TPSA) is 92.7 Å². The van der Waals surface area contributed by atoms with Crippen molar-refractivity contribution in [1.82, 2.24) is 20.2 Å². The maximum absolute atomic E-state index is 12.5. The van der Waals surface area contributed by atoms with Crippen molar-refractivity contribution in [2.75, 3.05) is 10.6 Å². The van der Waals surface area contributed by atoms with Gasteiger partial charge in [0.25, 0.3) is 5.91 Å². The number of aromatic nitrogens is 4. The molecule has 1 aromatic carbocycles. The van der Waals surface area contributed by atoms with E-state index in [0.717, 1.165) is 27.0 Å². The Morgan fingerprint density at radius 2 is 1.75 bits per heavy atom. The number of nitrogens with one attached hydrogen (secondary N) is 2. The Morgan fingerprint density at radius 3 is 2.43 bits per heavy atom. The van der Waals surface area contributed by atoms with Gasteiger partial charge >= 0.3 is 0 Å². The summed E-state index contributed by atoms with van der Waals surface area (Å²) in [6, 6.07) is 12.9. The van der Waals surface area contributed by atoms with Crippen LogP contribution in [-0.4, -0.2) is 26.1 Å². The molecule has 0 bridgehead atoms. The summed E-state index contributed by atoms with van der Waals surface area (Å²) in [5, 5.41) is 17.3. The molecule has 2 N–H and O–H groups in total. The van der Waals surface area contributed by atoms with E-state index in [0.29, 0.717) is 16.6 Å². The molecule has 0 radical (unpaired) electrons. The van der Waals surface area contributed by atoms with E-state index >= 15 is 0 Å². The molecule has 0 spiro atoms. The minimum Gasteiger partial charge on any atom is -0.324 e. The van der Waals surface area contributed by atoms with Gasteiger partial charge in [0.15, 0.2) is 5.01 Å². The molecule has 0 aliphatic rings. The lowest BCUT2D eigenvalue weighted by molar-refractivity contribution is 0.102. The summed E-state index contributed by atoms with van der Waals surface area (Å²) >= 11 is 2.94. The molecule has 3 heterocycles. The van der Waals surface area contributed by atoms with Crippen LogP contribution in [0.15, 0.2) is 47.8 Å². The van der Waals surface area contributed by atoms with Crippen molar-refractivity contribution in [3.05, 3.63) is 64.8 Å². The fourth-order valence-corrected chi connectivity index (χ4v) is 4.09. The lowest BCUT2D eigenvalue weighted by atomic mass is 10.2. The van der Waals surface area contributed by atoms with Crippen molar-refractivity contribution < 1.29 is 4.79 Å². The highest BCUT2D eigenvalue weighted by atomic mass is 32.1. The van der Waals surface area contributed by atoms with E-state index in [-0.39, 0.29) is 5.91 Å². The van der Waals surface area contributed by atoms with Crippen LogP contribution in [0, 0.1) is 13.8 Å². The molecule has 4 rings (SSSR count). The number of benzene rings is 1. The number of rotatable bonds is 5. The van der Waals surface area contributed by atoms with Crippen LogP contribution < -0.4 is 10.6 Å². The molecule has 0 saturated heterocycles. The number of hydrogen-bond acceptors (Lipinski definition) is 8. The van der Waals surface area contributed by atoms with Gasteiger partial charge in [-0.2, -0.15) is 0 Å². The van der Waals surface area contributed by atoms with Gasteiger partial charge in [0.1, 0.15) is 0 Å². The predicted molar refractivity (Wildman–Crippen MR) is 112 cm³/mol. The first-order chi connectivity index (χ1) is 13.6. The van der Waals surface area contributed by atoms with Crippen molar-refractivity contribution in [2.45, 2.75) is 13.8 Å². The average Bonchev–Trinajstić information content (AvgIpc) is 3.33. The first-order valence-corrected chi connectivity index (χ1v) is 10.1. The van der Waals surface area contributed by atoms with Crippen LogP contribution in [0.4, 0.5) is 16.8 Å². The molecule has 7 nitrogen and oxygen atoms in total. The largest absolute Gasteiger partial charge is 0.324 e. The molecule has 140 valence electrons. The van der Waals surface area contributed by atoms with E-state index in [1.165, 1.54) is 11.3 Å². The second kappa shape index (κ2) is 7.83. The molecule has 4 aromatic rings. The first kappa shape index (κ1) is 18.2. The third-order valence-corrected chi connectivity index (χ3v) is 5.64. The van der Waals surface area contributed by atoms with E-state index < -0.39 is 0 Å². The quantitative estimate of drug-likeness (QED) is 0.498. The molecule has 28 heavy (non-hydrogen) atoms. The van der Waals surface area contributed by atoms with Gasteiger partial charge in [0.05, 0.1) is 4.88 Å². The summed E-state index contributed by atoms with van der Waals surface area (Å²) in [6.07, 6.45) is 0. The molecular weight excluding hydrogens is 392 g/mol. The van der Waals surface area contributed by atoms with Crippen molar-refractivity contribution in [3.8, 4) is 9.88 Å². The van der Waals surface area contributed by atoms with Gasteiger partial charge < -0.3 is 5.32 Å². The predicted octanol–water partition coefficient (Wildman–Crippen LogP) is 4.67. The highest BCUT2D eigenvalue weighted by Crippen LogP contribution is 2.29. The lowest BCUT2D eigenvalue weighted by Crippen LogP contribution is -2.11. The molecule has 3 aromatic heterocycles. The molecular formula is C19H16N6OS2. The second-order valence-electron chi connectivity index (χ2n) is 6.02. The Kier molecular flexibility index (Phi) is 5.09. The van der Waals surface area contributed by atoms with Gasteiger partial charge in [-0.3, -0.25) is 10.1 Å². The Hall–Kier alpha value is -3.17. The SMILES string of the molecule is Cc1cc(C)nc(Nc2ccc(C(=O)Nc3nnc(-c4cccs4)s3)cc2)n1. The van der Waals surface area contributed by atoms with Gasteiger partial charge in [-0.05, 0) is 55.6 Å². The van der Waals surface area contributed by atoms with Crippen LogP contribution in [0.25, 0.3) is 9.88 Å². The number of amides is 1. The van der Waals surface area contributed by atoms with Crippen LogP contribution >= 0.6 is 22.7 Å². The van der Waals surface area contributed by atoms with Crippen LogP contribution in [0.3, 0.4) is 0 Å². The fraction of sp³-hybridized carbons (Fsp3) is 0.105. The summed E-state index contributed by atoms with van der Waals surface area (Å²) in [4.78, 5) is 22.2. The number of anilines is 3. The average molecular weight is 409 g/mol. The van der Waals surface area contributed by atoms with Gasteiger partial charge in [0.2, 0.25) is 11.1 Å². The summed E-state index contributed by atoms with van der Waals surface area (Å²) < 4.78 is 0. The van der Waals surface area contributed by atoms with Gasteiger partial charge in [-0.15, -0.1) is 21.5 Å². The zero-order valence-electron chi connectivity index (χ0n) is 15.1. The zero-order valence-corrected chi connectivity index (χ0v) is 16.8. The number of thiophene rings is 1. The van der Waals surface area contributed by atoms with Crippen molar-refractivity contribution >= 4 is 45.3 Å².